The number of cyclic esters (lactones) is 1. The average Bonchev–Trinajstić information content (AvgIpc) is 3.11. The van der Waals surface area contributed by atoms with Crippen LogP contribution in [-0.4, -0.2) is 42.2 Å². The number of anilines is 1. The molecule has 2 heterocycles. The lowest BCUT2D eigenvalue weighted by Gasteiger charge is -2.17. The largest absolute Gasteiger partial charge is 0.442 e. The number of carbonyl (C=O) groups is 2. The van der Waals surface area contributed by atoms with Gasteiger partial charge in [-0.25, -0.2) is 4.79 Å². The van der Waals surface area contributed by atoms with Gasteiger partial charge in [0.05, 0.1) is 19.6 Å². The molecule has 0 aromatic heterocycles. The number of ether oxygens (including phenoxy) is 1. The normalized spacial score (nSPS) is 22.8. The number of rotatable bonds is 3. The van der Waals surface area contributed by atoms with Crippen molar-refractivity contribution in [1.29, 1.82) is 0 Å². The molecule has 26 heavy (non-hydrogen) atoms. The number of fused-ring (bicyclic) bond motifs is 2. The Labute approximate surface area is 156 Å². The van der Waals surface area contributed by atoms with Crippen LogP contribution in [0.4, 0.5) is 10.5 Å². The second kappa shape index (κ2) is 6.94. The van der Waals surface area contributed by atoms with Gasteiger partial charge in [0.1, 0.15) is 6.10 Å². The van der Waals surface area contributed by atoms with Crippen molar-refractivity contribution in [2.45, 2.75) is 32.3 Å². The van der Waals surface area contributed by atoms with Crippen molar-refractivity contribution in [3.8, 4) is 0 Å². The number of aryl methyl sites for hydroxylation is 1. The molecule has 1 aromatic rings. The Kier molecular flexibility index (Phi) is 4.64. The Morgan fingerprint density at radius 3 is 3.08 bits per heavy atom. The number of carbonyl (C=O) groups excluding carboxylic acids is 2. The van der Waals surface area contributed by atoms with Gasteiger partial charge in [-0.3, -0.25) is 15.5 Å². The van der Waals surface area contributed by atoms with Crippen LogP contribution in [0.1, 0.15) is 30.9 Å². The summed E-state index contributed by atoms with van der Waals surface area (Å²) in [6.45, 7) is 2.98. The highest BCUT2D eigenvalue weighted by molar-refractivity contribution is 8.01. The van der Waals surface area contributed by atoms with E-state index in [1.165, 1.54) is 28.5 Å². The zero-order chi connectivity index (χ0) is 18.3. The number of hydrogen-bond acceptors (Lipinski definition) is 6. The molecular formula is C18H22N4O3S. The summed E-state index contributed by atoms with van der Waals surface area (Å²) in [5, 5.41) is 2.70. The molecule has 1 aliphatic carbocycles. The lowest BCUT2D eigenvalue weighted by Crippen LogP contribution is -2.33. The predicted octanol–water partition coefficient (Wildman–Crippen LogP) is 2.03. The number of nitrogens with one attached hydrogen (secondary N) is 1. The van der Waals surface area contributed by atoms with Gasteiger partial charge in [-0.05, 0) is 60.0 Å². The summed E-state index contributed by atoms with van der Waals surface area (Å²) < 4.78 is 7.14. The molecule has 0 saturated carbocycles. The van der Waals surface area contributed by atoms with Gasteiger partial charge in [0.15, 0.2) is 0 Å². The maximum Gasteiger partial charge on any atom is 0.414 e. The monoisotopic (exact) mass is 374 g/mol. The van der Waals surface area contributed by atoms with Crippen LogP contribution in [-0.2, 0) is 16.0 Å². The Hall–Kier alpha value is -2.03. The molecule has 1 fully saturated rings. The molecule has 0 radical (unpaired) electrons. The number of hydrogen-bond donors (Lipinski definition) is 2. The third-order valence-electron chi connectivity index (χ3n) is 4.91. The zero-order valence-corrected chi connectivity index (χ0v) is 15.5. The van der Waals surface area contributed by atoms with Crippen LogP contribution in [0.5, 0.6) is 0 Å². The molecule has 2 amide bonds. The van der Waals surface area contributed by atoms with E-state index < -0.39 is 0 Å². The summed E-state index contributed by atoms with van der Waals surface area (Å²) in [4.78, 5) is 26.3. The molecule has 0 bridgehead atoms. The van der Waals surface area contributed by atoms with Crippen molar-refractivity contribution < 1.29 is 14.3 Å². The van der Waals surface area contributed by atoms with Gasteiger partial charge in [-0.15, -0.1) is 0 Å². The molecule has 4 rings (SSSR count). The fourth-order valence-corrected chi connectivity index (χ4v) is 4.69. The highest BCUT2D eigenvalue weighted by Gasteiger charge is 2.33. The minimum absolute atomic E-state index is 0.128. The zero-order valence-electron chi connectivity index (χ0n) is 14.7. The van der Waals surface area contributed by atoms with Crippen molar-refractivity contribution in [2.75, 3.05) is 24.5 Å². The Morgan fingerprint density at radius 2 is 2.27 bits per heavy atom. The summed E-state index contributed by atoms with van der Waals surface area (Å²) in [6.07, 6.45) is 2.42. The van der Waals surface area contributed by atoms with Crippen LogP contribution < -0.4 is 16.1 Å². The minimum Gasteiger partial charge on any atom is -0.442 e. The summed E-state index contributed by atoms with van der Waals surface area (Å²) in [6, 6.07) is 6.16. The topological polar surface area (TPSA) is 87.9 Å². The highest BCUT2D eigenvalue weighted by Crippen LogP contribution is 2.43. The quantitative estimate of drug-likeness (QED) is 0.622. The first kappa shape index (κ1) is 17.4. The summed E-state index contributed by atoms with van der Waals surface area (Å²) in [5.74, 6) is 5.84. The number of hydrazine groups is 1. The van der Waals surface area contributed by atoms with E-state index >= 15 is 0 Å². The fourth-order valence-electron chi connectivity index (χ4n) is 3.69. The molecule has 138 valence electrons. The number of amides is 2. The highest BCUT2D eigenvalue weighted by atomic mass is 32.2. The van der Waals surface area contributed by atoms with Crippen LogP contribution in [0.2, 0.25) is 0 Å². The lowest BCUT2D eigenvalue weighted by atomic mass is 9.98. The van der Waals surface area contributed by atoms with E-state index in [0.717, 1.165) is 31.5 Å². The second-order valence-electron chi connectivity index (χ2n) is 6.82. The number of allylic oxidation sites excluding steroid dienone is 1. The summed E-state index contributed by atoms with van der Waals surface area (Å²) in [5.41, 5.74) is 4.65. The van der Waals surface area contributed by atoms with E-state index in [2.05, 4.69) is 17.4 Å². The summed E-state index contributed by atoms with van der Waals surface area (Å²) in [7, 11) is 0. The SMILES string of the molecule is CC(=O)NC[C@H]1CN(c2ccc3c(c2)CCCC2=C3CN(N)S2)C(=O)O1. The molecule has 1 aromatic carbocycles. The van der Waals surface area contributed by atoms with Crippen molar-refractivity contribution in [3.63, 3.8) is 0 Å². The Balaban J connectivity index is 1.55. The number of nitrogens with zero attached hydrogens (tertiary/aromatic N) is 2. The molecule has 1 saturated heterocycles. The predicted molar refractivity (Wildman–Crippen MR) is 101 cm³/mol. The van der Waals surface area contributed by atoms with E-state index in [-0.39, 0.29) is 18.1 Å². The first-order chi connectivity index (χ1) is 12.5. The molecular weight excluding hydrogens is 352 g/mol. The van der Waals surface area contributed by atoms with Crippen molar-refractivity contribution in [1.82, 2.24) is 9.73 Å². The third-order valence-corrected chi connectivity index (χ3v) is 5.94. The Bertz CT molecular complexity index is 795. The van der Waals surface area contributed by atoms with E-state index in [1.807, 2.05) is 6.07 Å². The van der Waals surface area contributed by atoms with E-state index in [4.69, 9.17) is 10.6 Å². The van der Waals surface area contributed by atoms with Crippen LogP contribution in [0, 0.1) is 0 Å². The van der Waals surface area contributed by atoms with E-state index in [0.29, 0.717) is 13.1 Å². The number of benzene rings is 1. The van der Waals surface area contributed by atoms with Crippen molar-refractivity contribution in [2.24, 2.45) is 5.84 Å². The Morgan fingerprint density at radius 1 is 1.42 bits per heavy atom. The van der Waals surface area contributed by atoms with Crippen molar-refractivity contribution in [3.05, 3.63) is 34.2 Å². The molecule has 3 aliphatic rings. The first-order valence-corrected chi connectivity index (χ1v) is 9.56. The van der Waals surface area contributed by atoms with Gasteiger partial charge in [-0.1, -0.05) is 6.07 Å². The van der Waals surface area contributed by atoms with Gasteiger partial charge >= 0.3 is 6.09 Å². The van der Waals surface area contributed by atoms with Crippen LogP contribution >= 0.6 is 11.9 Å². The second-order valence-corrected chi connectivity index (χ2v) is 7.96. The molecule has 8 heteroatoms. The fraction of sp³-hybridized carbons (Fsp3) is 0.444. The molecule has 7 nitrogen and oxygen atoms in total. The van der Waals surface area contributed by atoms with Crippen LogP contribution in [0.3, 0.4) is 0 Å². The van der Waals surface area contributed by atoms with Gasteiger partial charge in [0.25, 0.3) is 0 Å². The smallest absolute Gasteiger partial charge is 0.414 e. The minimum atomic E-state index is -0.363. The summed E-state index contributed by atoms with van der Waals surface area (Å²) >= 11 is 1.64. The van der Waals surface area contributed by atoms with Gasteiger partial charge < -0.3 is 10.1 Å². The maximum atomic E-state index is 12.2. The van der Waals surface area contributed by atoms with E-state index in [1.54, 1.807) is 21.3 Å². The van der Waals surface area contributed by atoms with Crippen LogP contribution in [0.25, 0.3) is 5.57 Å². The first-order valence-electron chi connectivity index (χ1n) is 8.79. The molecule has 0 spiro atoms. The van der Waals surface area contributed by atoms with Gasteiger partial charge in [0.2, 0.25) is 5.91 Å². The number of nitrogens with two attached hydrogens (primary N) is 1. The molecule has 2 aliphatic heterocycles. The van der Waals surface area contributed by atoms with Gasteiger partial charge in [0, 0.05) is 17.5 Å². The standard InChI is InChI=1S/C18H22N4O3S/c1-11(23)20-8-14-9-21(18(24)25-14)13-5-6-15-12(7-13)3-2-4-17-16(15)10-22(19)26-17/h5-7,14H,2-4,8-10,19H2,1H3,(H,20,23)/t14-/m0/s1. The third kappa shape index (κ3) is 3.32. The lowest BCUT2D eigenvalue weighted by molar-refractivity contribution is -0.119. The van der Waals surface area contributed by atoms with Crippen LogP contribution in [0.15, 0.2) is 23.1 Å². The van der Waals surface area contributed by atoms with Crippen molar-refractivity contribution >= 4 is 35.2 Å². The molecule has 0 unspecified atom stereocenters. The maximum absolute atomic E-state index is 12.2. The molecule has 3 N–H and O–H groups in total. The van der Waals surface area contributed by atoms with E-state index in [9.17, 15) is 9.59 Å². The average molecular weight is 374 g/mol. The molecule has 1 atom stereocenters. The van der Waals surface area contributed by atoms with Gasteiger partial charge in [-0.2, -0.15) is 4.41 Å².